The Bertz CT molecular complexity index is 603. The molecule has 4 heteroatoms. The van der Waals surface area contributed by atoms with Crippen molar-refractivity contribution in [3.63, 3.8) is 0 Å². The van der Waals surface area contributed by atoms with Crippen molar-refractivity contribution in [2.45, 2.75) is 38.6 Å². The summed E-state index contributed by atoms with van der Waals surface area (Å²) in [6.07, 6.45) is 3.36. The first-order chi connectivity index (χ1) is 9.22. The number of imidazole rings is 1. The number of nitrogens with zero attached hydrogens (tertiary/aromatic N) is 1. The minimum absolute atomic E-state index is 0.206. The van der Waals surface area contributed by atoms with E-state index in [2.05, 4.69) is 11.9 Å². The van der Waals surface area contributed by atoms with E-state index in [0.717, 1.165) is 24.2 Å². The number of hydrogen-bond donors (Lipinski definition) is 2. The van der Waals surface area contributed by atoms with Gasteiger partial charge in [0, 0.05) is 29.3 Å². The summed E-state index contributed by atoms with van der Waals surface area (Å²) < 4.78 is 13.5. The van der Waals surface area contributed by atoms with E-state index >= 15 is 0 Å². The van der Waals surface area contributed by atoms with E-state index in [1.54, 1.807) is 12.1 Å². The number of fused-ring (bicyclic) bond motifs is 1. The molecule has 1 heterocycles. The molecule has 0 bridgehead atoms. The molecule has 1 unspecified atom stereocenters. The van der Waals surface area contributed by atoms with Crippen molar-refractivity contribution >= 4 is 0 Å². The van der Waals surface area contributed by atoms with Gasteiger partial charge in [0.1, 0.15) is 11.6 Å². The molecule has 2 aromatic rings. The predicted octanol–water partition coefficient (Wildman–Crippen LogP) is 3.11. The number of nitrogens with two attached hydrogens (primary N) is 1. The van der Waals surface area contributed by atoms with Crippen LogP contribution in [0.25, 0.3) is 11.4 Å². The molecule has 1 aromatic carbocycles. The first-order valence-corrected chi connectivity index (χ1v) is 6.80. The summed E-state index contributed by atoms with van der Waals surface area (Å²) in [4.78, 5) is 8.07. The molecule has 100 valence electrons. The van der Waals surface area contributed by atoms with Crippen molar-refractivity contribution in [2.24, 2.45) is 5.73 Å². The minimum Gasteiger partial charge on any atom is -0.342 e. The smallest absolute Gasteiger partial charge is 0.137 e. The van der Waals surface area contributed by atoms with Gasteiger partial charge >= 0.3 is 0 Å². The Morgan fingerprint density at radius 3 is 3.05 bits per heavy atom. The first kappa shape index (κ1) is 12.4. The van der Waals surface area contributed by atoms with Crippen molar-refractivity contribution in [1.82, 2.24) is 9.97 Å². The van der Waals surface area contributed by atoms with Gasteiger partial charge in [0.15, 0.2) is 0 Å². The molecule has 0 amide bonds. The molecule has 1 aromatic heterocycles. The summed E-state index contributed by atoms with van der Waals surface area (Å²) in [5.74, 6) is 1.14. The number of nitrogens with one attached hydrogen (secondary N) is 1. The van der Waals surface area contributed by atoms with E-state index in [1.165, 1.54) is 23.9 Å². The van der Waals surface area contributed by atoms with Crippen molar-refractivity contribution in [2.75, 3.05) is 0 Å². The van der Waals surface area contributed by atoms with Crippen LogP contribution in [0.1, 0.15) is 42.6 Å². The fourth-order valence-electron chi connectivity index (χ4n) is 2.82. The lowest BCUT2D eigenvalue weighted by Gasteiger charge is -2.05. The second-order valence-electron chi connectivity index (χ2n) is 5.10. The molecular weight excluding hydrogens is 241 g/mol. The van der Waals surface area contributed by atoms with E-state index in [-0.39, 0.29) is 12.4 Å². The highest BCUT2D eigenvalue weighted by Gasteiger charge is 2.25. The van der Waals surface area contributed by atoms with Crippen LogP contribution in [0.3, 0.4) is 0 Å². The topological polar surface area (TPSA) is 54.7 Å². The molecule has 3 rings (SSSR count). The zero-order valence-corrected chi connectivity index (χ0v) is 11.0. The molecular formula is C15H18FN3. The fraction of sp³-hybridized carbons (Fsp3) is 0.400. The monoisotopic (exact) mass is 259 g/mol. The highest BCUT2D eigenvalue weighted by molar-refractivity contribution is 5.58. The van der Waals surface area contributed by atoms with Gasteiger partial charge in [-0.05, 0) is 37.5 Å². The Kier molecular flexibility index (Phi) is 3.11. The largest absolute Gasteiger partial charge is 0.342 e. The number of rotatable bonds is 3. The van der Waals surface area contributed by atoms with Crippen LogP contribution in [0, 0.1) is 5.82 Å². The van der Waals surface area contributed by atoms with E-state index in [4.69, 9.17) is 10.7 Å². The van der Waals surface area contributed by atoms with Crippen molar-refractivity contribution in [3.8, 4) is 11.4 Å². The van der Waals surface area contributed by atoms with Crippen LogP contribution < -0.4 is 5.73 Å². The van der Waals surface area contributed by atoms with Crippen LogP contribution in [-0.4, -0.2) is 9.97 Å². The summed E-state index contributed by atoms with van der Waals surface area (Å²) in [6, 6.07) is 5.00. The van der Waals surface area contributed by atoms with E-state index < -0.39 is 0 Å². The number of H-pyrrole nitrogens is 1. The van der Waals surface area contributed by atoms with Gasteiger partial charge in [-0.15, -0.1) is 0 Å². The second-order valence-corrected chi connectivity index (χ2v) is 5.10. The van der Waals surface area contributed by atoms with Gasteiger partial charge in [0.05, 0.1) is 5.69 Å². The Morgan fingerprint density at radius 1 is 1.47 bits per heavy atom. The molecule has 3 nitrogen and oxygen atoms in total. The Labute approximate surface area is 112 Å². The zero-order valence-electron chi connectivity index (χ0n) is 11.0. The van der Waals surface area contributed by atoms with Crippen LogP contribution >= 0.6 is 0 Å². The summed E-state index contributed by atoms with van der Waals surface area (Å²) in [5, 5.41) is 0. The minimum atomic E-state index is -0.253. The van der Waals surface area contributed by atoms with Gasteiger partial charge in [0.25, 0.3) is 0 Å². The average molecular weight is 259 g/mol. The van der Waals surface area contributed by atoms with Gasteiger partial charge in [-0.3, -0.25) is 0 Å². The molecule has 0 spiro atoms. The third kappa shape index (κ3) is 2.06. The van der Waals surface area contributed by atoms with Crippen molar-refractivity contribution in [3.05, 3.63) is 41.0 Å². The molecule has 0 radical (unpaired) electrons. The van der Waals surface area contributed by atoms with Crippen molar-refractivity contribution in [1.29, 1.82) is 0 Å². The highest BCUT2D eigenvalue weighted by Crippen LogP contribution is 2.35. The number of hydrogen-bond acceptors (Lipinski definition) is 2. The summed E-state index contributed by atoms with van der Waals surface area (Å²) in [7, 11) is 0. The molecule has 19 heavy (non-hydrogen) atoms. The van der Waals surface area contributed by atoms with Crippen LogP contribution in [0.2, 0.25) is 0 Å². The average Bonchev–Trinajstić information content (AvgIpc) is 2.99. The van der Waals surface area contributed by atoms with Gasteiger partial charge < -0.3 is 10.7 Å². The molecule has 0 saturated heterocycles. The predicted molar refractivity (Wildman–Crippen MR) is 73.2 cm³/mol. The number of aromatic nitrogens is 2. The van der Waals surface area contributed by atoms with E-state index in [1.807, 2.05) is 0 Å². The summed E-state index contributed by atoms with van der Waals surface area (Å²) >= 11 is 0. The number of aryl methyl sites for hydroxylation is 1. The van der Waals surface area contributed by atoms with Crippen LogP contribution in [-0.2, 0) is 13.0 Å². The van der Waals surface area contributed by atoms with Gasteiger partial charge in [-0.25, -0.2) is 9.37 Å². The maximum atomic E-state index is 13.5. The van der Waals surface area contributed by atoms with Crippen LogP contribution in [0.5, 0.6) is 0 Å². The summed E-state index contributed by atoms with van der Waals surface area (Å²) in [6.45, 7) is 2.40. The van der Waals surface area contributed by atoms with E-state index in [0.29, 0.717) is 11.5 Å². The van der Waals surface area contributed by atoms with Crippen LogP contribution in [0.4, 0.5) is 4.39 Å². The fourth-order valence-corrected chi connectivity index (χ4v) is 2.82. The molecule has 0 saturated carbocycles. The maximum absolute atomic E-state index is 13.5. The Balaban J connectivity index is 1.99. The molecule has 1 aliphatic carbocycles. The van der Waals surface area contributed by atoms with Gasteiger partial charge in [-0.1, -0.05) is 6.92 Å². The second kappa shape index (κ2) is 4.78. The Morgan fingerprint density at radius 2 is 2.32 bits per heavy atom. The molecule has 0 aliphatic heterocycles. The van der Waals surface area contributed by atoms with Gasteiger partial charge in [-0.2, -0.15) is 0 Å². The lowest BCUT2D eigenvalue weighted by Crippen LogP contribution is -2.00. The molecule has 0 fully saturated rings. The Hall–Kier alpha value is -1.68. The lowest BCUT2D eigenvalue weighted by atomic mass is 10.0. The molecule has 1 atom stereocenters. The number of aromatic amines is 1. The first-order valence-electron chi connectivity index (χ1n) is 6.80. The third-order valence-corrected chi connectivity index (χ3v) is 3.97. The molecule has 3 N–H and O–H groups in total. The zero-order chi connectivity index (χ0) is 13.4. The number of halogens is 1. The highest BCUT2D eigenvalue weighted by atomic mass is 19.1. The standard InChI is InChI=1S/C15H18FN3/c1-2-9-4-6-13-14(9)19-15(18-13)10-3-5-12(16)11(7-10)8-17/h3,5,7,9H,2,4,6,8,17H2,1H3,(H,18,19). The quantitative estimate of drug-likeness (QED) is 0.889. The maximum Gasteiger partial charge on any atom is 0.137 e. The molecule has 1 aliphatic rings. The van der Waals surface area contributed by atoms with Crippen molar-refractivity contribution < 1.29 is 4.39 Å². The van der Waals surface area contributed by atoms with E-state index in [9.17, 15) is 4.39 Å². The summed E-state index contributed by atoms with van der Waals surface area (Å²) in [5.41, 5.74) is 9.41. The third-order valence-electron chi connectivity index (χ3n) is 3.97. The SMILES string of the molecule is CCC1CCc2[nH]c(-c3ccc(F)c(CN)c3)nc21. The lowest BCUT2D eigenvalue weighted by molar-refractivity contribution is 0.611. The normalized spacial score (nSPS) is 17.7. The number of benzene rings is 1. The van der Waals surface area contributed by atoms with Crippen LogP contribution in [0.15, 0.2) is 18.2 Å². The van der Waals surface area contributed by atoms with Gasteiger partial charge in [0.2, 0.25) is 0 Å².